The van der Waals surface area contributed by atoms with E-state index in [0.29, 0.717) is 0 Å². The van der Waals surface area contributed by atoms with Crippen LogP contribution in [0.25, 0.3) is 0 Å². The molecule has 0 aromatic heterocycles. The molecule has 1 saturated heterocycles. The Morgan fingerprint density at radius 1 is 1.29 bits per heavy atom. The summed E-state index contributed by atoms with van der Waals surface area (Å²) in [7, 11) is 0. The van der Waals surface area contributed by atoms with Crippen molar-refractivity contribution in [3.05, 3.63) is 0 Å². The van der Waals surface area contributed by atoms with Gasteiger partial charge in [0.25, 0.3) is 0 Å². The van der Waals surface area contributed by atoms with E-state index in [-0.39, 0.29) is 0 Å². The molecule has 0 amide bonds. The molecule has 0 N–H and O–H groups in total. The lowest BCUT2D eigenvalue weighted by Gasteiger charge is -1.89. The van der Waals surface area contributed by atoms with Crippen LogP contribution < -0.4 is 0 Å². The first-order valence-electron chi connectivity index (χ1n) is 3.03. The van der Waals surface area contributed by atoms with E-state index in [1.54, 1.807) is 0 Å². The average molecular weight is 99.2 g/mol. The van der Waals surface area contributed by atoms with E-state index in [1.807, 2.05) is 0 Å². The smallest absolute Gasteiger partial charge is 0.0224 e. The quantitative estimate of drug-likeness (QED) is 0.445. The molecule has 1 rings (SSSR count). The van der Waals surface area contributed by atoms with Crippen LogP contribution in [-0.2, 0) is 0 Å². The molecule has 0 aliphatic carbocycles. The third-order valence-corrected chi connectivity index (χ3v) is 2.02. The van der Waals surface area contributed by atoms with Crippen LogP contribution in [0.3, 0.4) is 0 Å². The molecule has 0 bridgehead atoms. The molecule has 1 aliphatic rings. The minimum absolute atomic E-state index is 0.866. The van der Waals surface area contributed by atoms with Crippen molar-refractivity contribution < 1.29 is 0 Å². The van der Waals surface area contributed by atoms with Gasteiger partial charge in [0, 0.05) is 12.1 Å². The minimum atomic E-state index is 0.866. The van der Waals surface area contributed by atoms with Crippen molar-refractivity contribution >= 4 is 0 Å². The van der Waals surface area contributed by atoms with E-state index in [4.69, 9.17) is 0 Å². The van der Waals surface area contributed by atoms with Gasteiger partial charge in [-0.25, -0.2) is 0 Å². The Hall–Kier alpha value is -0.0400. The van der Waals surface area contributed by atoms with Crippen LogP contribution >= 0.6 is 0 Å². The number of rotatable bonds is 1. The SMILES string of the molecule is CCN1[C@H](C)[C@@H]1C. The maximum absolute atomic E-state index is 2.46. The second-order valence-electron chi connectivity index (χ2n) is 2.31. The Kier molecular flexibility index (Phi) is 1.08. The molecule has 7 heavy (non-hydrogen) atoms. The monoisotopic (exact) mass is 99.1 g/mol. The molecule has 0 aromatic rings. The second kappa shape index (κ2) is 1.48. The maximum atomic E-state index is 2.46. The number of hydrogen-bond donors (Lipinski definition) is 0. The van der Waals surface area contributed by atoms with Crippen LogP contribution in [0, 0.1) is 0 Å². The highest BCUT2D eigenvalue weighted by atomic mass is 15.3. The molecular weight excluding hydrogens is 86.1 g/mol. The van der Waals surface area contributed by atoms with Crippen LogP contribution in [0.2, 0.25) is 0 Å². The van der Waals surface area contributed by atoms with E-state index in [0.717, 1.165) is 12.1 Å². The number of likely N-dealkylation sites (N-methyl/N-ethyl adjacent to an activating group) is 1. The van der Waals surface area contributed by atoms with Gasteiger partial charge >= 0.3 is 0 Å². The summed E-state index contributed by atoms with van der Waals surface area (Å²) in [6.45, 7) is 7.98. The minimum Gasteiger partial charge on any atom is -0.295 e. The van der Waals surface area contributed by atoms with Gasteiger partial charge in [-0.3, -0.25) is 4.90 Å². The fraction of sp³-hybridized carbons (Fsp3) is 1.00. The normalized spacial score (nSPS) is 49.3. The molecule has 1 heteroatoms. The number of hydrogen-bond acceptors (Lipinski definition) is 1. The third kappa shape index (κ3) is 0.653. The molecule has 0 radical (unpaired) electrons. The molecule has 0 spiro atoms. The largest absolute Gasteiger partial charge is 0.295 e. The maximum Gasteiger partial charge on any atom is 0.0224 e. The van der Waals surface area contributed by atoms with Gasteiger partial charge in [0.2, 0.25) is 0 Å². The van der Waals surface area contributed by atoms with Gasteiger partial charge in [-0.2, -0.15) is 0 Å². The zero-order valence-electron chi connectivity index (χ0n) is 5.31. The zero-order chi connectivity index (χ0) is 5.44. The summed E-state index contributed by atoms with van der Waals surface area (Å²) in [4.78, 5) is 2.46. The summed E-state index contributed by atoms with van der Waals surface area (Å²) in [6, 6.07) is 1.73. The van der Waals surface area contributed by atoms with Crippen molar-refractivity contribution in [2.45, 2.75) is 32.9 Å². The molecule has 42 valence electrons. The van der Waals surface area contributed by atoms with Crippen LogP contribution in [-0.4, -0.2) is 23.5 Å². The van der Waals surface area contributed by atoms with Gasteiger partial charge in [-0.15, -0.1) is 0 Å². The molecule has 1 nitrogen and oxygen atoms in total. The van der Waals surface area contributed by atoms with E-state index in [1.165, 1.54) is 6.54 Å². The standard InChI is InChI=1S/C6H13N/c1-4-7-5(2)6(7)3/h5-6H,4H2,1-3H3/t5-,6+,7?. The van der Waals surface area contributed by atoms with Crippen LogP contribution in [0.15, 0.2) is 0 Å². The zero-order valence-corrected chi connectivity index (χ0v) is 5.31. The Balaban J connectivity index is 2.24. The fourth-order valence-electron chi connectivity index (χ4n) is 1.16. The lowest BCUT2D eigenvalue weighted by molar-refractivity contribution is 0.522. The molecule has 3 atom stereocenters. The lowest BCUT2D eigenvalue weighted by Crippen LogP contribution is -1.97. The van der Waals surface area contributed by atoms with Crippen LogP contribution in [0.1, 0.15) is 20.8 Å². The summed E-state index contributed by atoms with van der Waals surface area (Å²) < 4.78 is 0. The highest BCUT2D eigenvalue weighted by Crippen LogP contribution is 2.25. The highest BCUT2D eigenvalue weighted by Gasteiger charge is 2.37. The predicted octanol–water partition coefficient (Wildman–Crippen LogP) is 1.10. The van der Waals surface area contributed by atoms with Gasteiger partial charge < -0.3 is 0 Å². The van der Waals surface area contributed by atoms with Gasteiger partial charge in [0.15, 0.2) is 0 Å². The first kappa shape index (κ1) is 5.10. The Morgan fingerprint density at radius 2 is 1.71 bits per heavy atom. The van der Waals surface area contributed by atoms with Crippen molar-refractivity contribution in [1.82, 2.24) is 4.90 Å². The highest BCUT2D eigenvalue weighted by molar-refractivity contribution is 4.94. The molecule has 0 aromatic carbocycles. The van der Waals surface area contributed by atoms with Crippen LogP contribution in [0.5, 0.6) is 0 Å². The molecule has 1 fully saturated rings. The fourth-order valence-corrected chi connectivity index (χ4v) is 1.16. The molecule has 1 aliphatic heterocycles. The topological polar surface area (TPSA) is 3.01 Å². The van der Waals surface area contributed by atoms with Gasteiger partial charge in [0.05, 0.1) is 0 Å². The first-order chi connectivity index (χ1) is 3.27. The second-order valence-corrected chi connectivity index (χ2v) is 2.31. The average Bonchev–Trinajstić information content (AvgIpc) is 2.17. The molecule has 1 unspecified atom stereocenters. The Morgan fingerprint density at radius 3 is 1.71 bits per heavy atom. The summed E-state index contributed by atoms with van der Waals surface area (Å²) in [5.74, 6) is 0. The van der Waals surface area contributed by atoms with Crippen molar-refractivity contribution in [1.29, 1.82) is 0 Å². The van der Waals surface area contributed by atoms with Crippen molar-refractivity contribution in [3.63, 3.8) is 0 Å². The van der Waals surface area contributed by atoms with Gasteiger partial charge in [-0.05, 0) is 20.4 Å². The van der Waals surface area contributed by atoms with Gasteiger partial charge in [-0.1, -0.05) is 6.92 Å². The van der Waals surface area contributed by atoms with E-state index in [9.17, 15) is 0 Å². The van der Waals surface area contributed by atoms with Crippen molar-refractivity contribution in [2.75, 3.05) is 6.54 Å². The van der Waals surface area contributed by atoms with Gasteiger partial charge in [0.1, 0.15) is 0 Å². The third-order valence-electron chi connectivity index (χ3n) is 2.02. The molecular formula is C6H13N. The Bertz CT molecular complexity index is 62.6. The molecule has 0 saturated carbocycles. The summed E-state index contributed by atoms with van der Waals surface area (Å²) in [5, 5.41) is 0. The van der Waals surface area contributed by atoms with E-state index >= 15 is 0 Å². The van der Waals surface area contributed by atoms with Crippen molar-refractivity contribution in [3.8, 4) is 0 Å². The Labute approximate surface area is 45.3 Å². The predicted molar refractivity (Wildman–Crippen MR) is 31.3 cm³/mol. The first-order valence-corrected chi connectivity index (χ1v) is 3.03. The summed E-state index contributed by atoms with van der Waals surface area (Å²) >= 11 is 0. The van der Waals surface area contributed by atoms with E-state index < -0.39 is 0 Å². The van der Waals surface area contributed by atoms with Crippen LogP contribution in [0.4, 0.5) is 0 Å². The summed E-state index contributed by atoms with van der Waals surface area (Å²) in [5.41, 5.74) is 0. The van der Waals surface area contributed by atoms with Crippen molar-refractivity contribution in [2.24, 2.45) is 0 Å². The van der Waals surface area contributed by atoms with E-state index in [2.05, 4.69) is 25.7 Å². The lowest BCUT2D eigenvalue weighted by atomic mass is 10.4. The molecule has 1 heterocycles. The number of nitrogens with zero attached hydrogens (tertiary/aromatic N) is 1. The summed E-state index contributed by atoms with van der Waals surface area (Å²) in [6.07, 6.45) is 0.